The lowest BCUT2D eigenvalue weighted by Crippen LogP contribution is -2.35. The molecule has 0 radical (unpaired) electrons. The van der Waals surface area contributed by atoms with Crippen LogP contribution in [0.5, 0.6) is 5.75 Å². The van der Waals surface area contributed by atoms with E-state index in [0.717, 1.165) is 27.8 Å². The molecule has 1 aromatic rings. The van der Waals surface area contributed by atoms with Gasteiger partial charge in [-0.3, -0.25) is 19.3 Å². The zero-order valence-electron chi connectivity index (χ0n) is 14.7. The summed E-state index contributed by atoms with van der Waals surface area (Å²) in [5, 5.41) is -0.476. The Morgan fingerprint density at radius 1 is 1.36 bits per heavy atom. The molecule has 1 atom stereocenters. The van der Waals surface area contributed by atoms with Crippen molar-refractivity contribution < 1.29 is 23.9 Å². The molecule has 6 nitrogen and oxygen atoms in total. The Morgan fingerprint density at radius 3 is 2.72 bits per heavy atom. The van der Waals surface area contributed by atoms with E-state index in [1.54, 1.807) is 26.2 Å². The fraction of sp³-hybridized carbons (Fsp3) is 0.389. The summed E-state index contributed by atoms with van der Waals surface area (Å²) in [5.41, 5.74) is 1.72. The summed E-state index contributed by atoms with van der Waals surface area (Å²) in [6, 6.07) is 5.50. The Balaban J connectivity index is 2.13. The van der Waals surface area contributed by atoms with Gasteiger partial charge in [-0.25, -0.2) is 0 Å². The number of amides is 2. The monoisotopic (exact) mass is 363 g/mol. The normalized spacial score (nSPS) is 17.1. The van der Waals surface area contributed by atoms with E-state index in [1.165, 1.54) is 0 Å². The molecular formula is C18H21NO5S. The average Bonchev–Trinajstić information content (AvgIpc) is 2.83. The highest BCUT2D eigenvalue weighted by Crippen LogP contribution is 2.33. The van der Waals surface area contributed by atoms with Crippen LogP contribution in [0.2, 0.25) is 0 Å². The second-order valence-electron chi connectivity index (χ2n) is 5.71. The Morgan fingerprint density at radius 2 is 2.08 bits per heavy atom. The van der Waals surface area contributed by atoms with Crippen molar-refractivity contribution >= 4 is 35.0 Å². The predicted octanol–water partition coefficient (Wildman–Crippen LogP) is 3.38. The lowest BCUT2D eigenvalue weighted by molar-refractivity contribution is -0.150. The van der Waals surface area contributed by atoms with Crippen molar-refractivity contribution in [1.29, 1.82) is 0 Å². The zero-order valence-corrected chi connectivity index (χ0v) is 15.5. The highest BCUT2D eigenvalue weighted by Gasteiger charge is 2.36. The highest BCUT2D eigenvalue weighted by atomic mass is 32.2. The van der Waals surface area contributed by atoms with E-state index in [2.05, 4.69) is 0 Å². The fourth-order valence-corrected chi connectivity index (χ4v) is 3.03. The van der Waals surface area contributed by atoms with Gasteiger partial charge in [-0.1, -0.05) is 19.1 Å². The molecule has 134 valence electrons. The number of hydrogen-bond donors (Lipinski definition) is 0. The second-order valence-corrected chi connectivity index (χ2v) is 6.70. The molecule has 1 aliphatic heterocycles. The van der Waals surface area contributed by atoms with E-state index in [1.807, 2.05) is 26.0 Å². The Bertz CT molecular complexity index is 728. The van der Waals surface area contributed by atoms with Crippen LogP contribution in [-0.2, 0) is 14.3 Å². The van der Waals surface area contributed by atoms with E-state index >= 15 is 0 Å². The molecule has 0 spiro atoms. The number of methoxy groups -OCH3 is 1. The lowest BCUT2D eigenvalue weighted by Gasteiger charge is -2.14. The van der Waals surface area contributed by atoms with Gasteiger partial charge in [-0.05, 0) is 55.3 Å². The van der Waals surface area contributed by atoms with Crippen LogP contribution in [0.1, 0.15) is 31.4 Å². The van der Waals surface area contributed by atoms with E-state index in [-0.39, 0.29) is 17.6 Å². The third-order valence-electron chi connectivity index (χ3n) is 3.80. The maximum atomic E-state index is 12.4. The minimum absolute atomic E-state index is 0.247. The van der Waals surface area contributed by atoms with Crippen molar-refractivity contribution in [1.82, 2.24) is 4.90 Å². The Kier molecular flexibility index (Phi) is 6.25. The van der Waals surface area contributed by atoms with Crippen molar-refractivity contribution in [3.8, 4) is 5.75 Å². The number of nitrogens with zero attached hydrogens (tertiary/aromatic N) is 1. The first-order valence-electron chi connectivity index (χ1n) is 7.95. The molecular weight excluding hydrogens is 342 g/mol. The second kappa shape index (κ2) is 8.20. The number of ether oxygens (including phenoxy) is 2. The van der Waals surface area contributed by atoms with Crippen LogP contribution in [0.3, 0.4) is 0 Å². The number of thioether (sulfide) groups is 1. The summed E-state index contributed by atoms with van der Waals surface area (Å²) >= 11 is 0.811. The standard InChI is InChI=1S/C18H21NO5S/c1-5-12(3)24-16(20)10-19-17(21)15(25-18(19)22)9-13-7-6-11(2)14(8-13)23-4/h6-9,12H,5,10H2,1-4H3/b15-9+/t12-/m1/s1. The molecule has 0 bridgehead atoms. The molecule has 1 fully saturated rings. The number of carbonyl (C=O) groups excluding carboxylic acids is 3. The number of esters is 1. The molecule has 0 saturated carbocycles. The molecule has 25 heavy (non-hydrogen) atoms. The van der Waals surface area contributed by atoms with Crippen LogP contribution in [0.15, 0.2) is 23.1 Å². The highest BCUT2D eigenvalue weighted by molar-refractivity contribution is 8.18. The van der Waals surface area contributed by atoms with Crippen molar-refractivity contribution in [2.75, 3.05) is 13.7 Å². The van der Waals surface area contributed by atoms with Gasteiger partial charge in [0.05, 0.1) is 18.1 Å². The molecule has 2 amide bonds. The topological polar surface area (TPSA) is 72.9 Å². The van der Waals surface area contributed by atoms with Crippen molar-refractivity contribution in [2.45, 2.75) is 33.3 Å². The molecule has 0 aliphatic carbocycles. The third kappa shape index (κ3) is 4.63. The molecule has 1 aromatic carbocycles. The molecule has 1 heterocycles. The Labute approximate surface area is 151 Å². The maximum absolute atomic E-state index is 12.4. The molecule has 0 N–H and O–H groups in total. The lowest BCUT2D eigenvalue weighted by atomic mass is 10.1. The molecule has 1 aliphatic rings. The maximum Gasteiger partial charge on any atom is 0.326 e. The smallest absolute Gasteiger partial charge is 0.326 e. The summed E-state index contributed by atoms with van der Waals surface area (Å²) in [4.78, 5) is 37.5. The van der Waals surface area contributed by atoms with Gasteiger partial charge in [0.15, 0.2) is 0 Å². The van der Waals surface area contributed by atoms with Gasteiger partial charge in [0, 0.05) is 0 Å². The average molecular weight is 363 g/mol. The predicted molar refractivity (Wildman–Crippen MR) is 96.3 cm³/mol. The van der Waals surface area contributed by atoms with Gasteiger partial charge in [0.25, 0.3) is 11.1 Å². The van der Waals surface area contributed by atoms with E-state index in [9.17, 15) is 14.4 Å². The summed E-state index contributed by atoms with van der Waals surface area (Å²) in [5.74, 6) is -0.379. The van der Waals surface area contributed by atoms with Gasteiger partial charge < -0.3 is 9.47 Å². The van der Waals surface area contributed by atoms with Gasteiger partial charge in [0.1, 0.15) is 12.3 Å². The number of rotatable bonds is 6. The molecule has 2 rings (SSSR count). The number of benzene rings is 1. The zero-order chi connectivity index (χ0) is 18.6. The first-order valence-corrected chi connectivity index (χ1v) is 8.76. The van der Waals surface area contributed by atoms with Crippen LogP contribution in [0, 0.1) is 6.92 Å². The number of hydrogen-bond acceptors (Lipinski definition) is 6. The van der Waals surface area contributed by atoms with Crippen LogP contribution in [0.25, 0.3) is 6.08 Å². The molecule has 0 unspecified atom stereocenters. The van der Waals surface area contributed by atoms with Gasteiger partial charge in [0.2, 0.25) is 0 Å². The van der Waals surface area contributed by atoms with Crippen LogP contribution >= 0.6 is 11.8 Å². The molecule has 7 heteroatoms. The third-order valence-corrected chi connectivity index (χ3v) is 4.71. The summed E-state index contributed by atoms with van der Waals surface area (Å²) in [6.07, 6.45) is 2.04. The van der Waals surface area contributed by atoms with E-state index in [0.29, 0.717) is 12.2 Å². The largest absolute Gasteiger partial charge is 0.496 e. The van der Waals surface area contributed by atoms with Crippen LogP contribution < -0.4 is 4.74 Å². The summed E-state index contributed by atoms with van der Waals surface area (Å²) in [7, 11) is 1.57. The van der Waals surface area contributed by atoms with Gasteiger partial charge in [-0.2, -0.15) is 0 Å². The Hall–Kier alpha value is -2.28. The molecule has 1 saturated heterocycles. The SMILES string of the molecule is CC[C@@H](C)OC(=O)CN1C(=O)S/C(=C/c2ccc(C)c(OC)c2)C1=O. The number of imide groups is 1. The minimum atomic E-state index is -0.588. The quantitative estimate of drug-likeness (QED) is 0.570. The first kappa shape index (κ1) is 19.1. The van der Waals surface area contributed by atoms with Crippen molar-refractivity contribution in [2.24, 2.45) is 0 Å². The van der Waals surface area contributed by atoms with Crippen LogP contribution in [0.4, 0.5) is 4.79 Å². The summed E-state index contributed by atoms with van der Waals surface area (Å²) < 4.78 is 10.4. The fourth-order valence-electron chi connectivity index (χ4n) is 2.19. The summed E-state index contributed by atoms with van der Waals surface area (Å²) in [6.45, 7) is 5.19. The van der Waals surface area contributed by atoms with Crippen molar-refractivity contribution in [3.05, 3.63) is 34.2 Å². The van der Waals surface area contributed by atoms with Gasteiger partial charge >= 0.3 is 5.97 Å². The molecule has 0 aromatic heterocycles. The first-order chi connectivity index (χ1) is 11.8. The number of aryl methyl sites for hydroxylation is 1. The van der Waals surface area contributed by atoms with Crippen LogP contribution in [-0.4, -0.2) is 41.8 Å². The number of carbonyl (C=O) groups is 3. The van der Waals surface area contributed by atoms with Crippen molar-refractivity contribution in [3.63, 3.8) is 0 Å². The van der Waals surface area contributed by atoms with E-state index in [4.69, 9.17) is 9.47 Å². The van der Waals surface area contributed by atoms with Gasteiger partial charge in [-0.15, -0.1) is 0 Å². The minimum Gasteiger partial charge on any atom is -0.496 e. The van der Waals surface area contributed by atoms with E-state index < -0.39 is 17.1 Å².